The Morgan fingerprint density at radius 1 is 1.17 bits per heavy atom. The van der Waals surface area contributed by atoms with Gasteiger partial charge in [0.05, 0.1) is 18.0 Å². The number of aromatic amines is 1. The fourth-order valence-electron chi connectivity index (χ4n) is 2.68. The van der Waals surface area contributed by atoms with Crippen LogP contribution in [-0.2, 0) is 4.74 Å². The molecule has 0 saturated carbocycles. The Morgan fingerprint density at radius 3 is 2.67 bits per heavy atom. The number of nitrogens with one attached hydrogen (secondary N) is 2. The molecule has 0 aliphatic carbocycles. The lowest BCUT2D eigenvalue weighted by Crippen LogP contribution is -2.40. The first-order chi connectivity index (χ1) is 11.5. The number of aromatic nitrogens is 2. The van der Waals surface area contributed by atoms with E-state index in [9.17, 15) is 24.9 Å². The van der Waals surface area contributed by atoms with Gasteiger partial charge in [0, 0.05) is 12.3 Å². The maximum absolute atomic E-state index is 12.3. The van der Waals surface area contributed by atoms with Crippen molar-refractivity contribution in [2.75, 3.05) is 6.61 Å². The summed E-state index contributed by atoms with van der Waals surface area (Å²) in [5.74, 6) is 0. The fraction of sp³-hybridized carbons (Fsp3) is 0.333. The van der Waals surface area contributed by atoms with Crippen LogP contribution in [0.5, 0.6) is 0 Å². The highest BCUT2D eigenvalue weighted by Gasteiger charge is 2.44. The standard InChI is InChI=1S/C15H17N3O6/c19-7-10-12(21)13(22)14(24-10)18-9(6-11(20)17-15(18)23)8-4-2-1-3-5-16-8/h1-6,10,12-14,16,19,21-22H,7H2,(H,17,20,23)/t10-,12-,13-,14-/m1/s1. The average Bonchev–Trinajstić information content (AvgIpc) is 2.75. The molecule has 0 unspecified atom stereocenters. The van der Waals surface area contributed by atoms with Crippen LogP contribution in [-0.4, -0.2) is 49.8 Å². The Labute approximate surface area is 135 Å². The van der Waals surface area contributed by atoms with Crippen LogP contribution in [0.25, 0.3) is 5.70 Å². The predicted octanol–water partition coefficient (Wildman–Crippen LogP) is -1.84. The molecule has 2 aliphatic rings. The third-order valence-electron chi connectivity index (χ3n) is 3.84. The van der Waals surface area contributed by atoms with E-state index in [-0.39, 0.29) is 5.69 Å². The van der Waals surface area contributed by atoms with E-state index in [2.05, 4.69) is 10.3 Å². The van der Waals surface area contributed by atoms with E-state index >= 15 is 0 Å². The van der Waals surface area contributed by atoms with Crippen molar-refractivity contribution in [3.63, 3.8) is 0 Å². The lowest BCUT2D eigenvalue weighted by molar-refractivity contribution is -0.0554. The van der Waals surface area contributed by atoms with E-state index in [0.717, 1.165) is 4.57 Å². The lowest BCUT2D eigenvalue weighted by atomic mass is 10.1. The highest BCUT2D eigenvalue weighted by Crippen LogP contribution is 2.30. The van der Waals surface area contributed by atoms with Crippen molar-refractivity contribution in [2.45, 2.75) is 24.5 Å². The molecular weight excluding hydrogens is 318 g/mol. The Bertz CT molecular complexity index is 821. The summed E-state index contributed by atoms with van der Waals surface area (Å²) in [4.78, 5) is 26.1. The van der Waals surface area contributed by atoms with Gasteiger partial charge in [0.25, 0.3) is 5.56 Å². The highest BCUT2D eigenvalue weighted by atomic mass is 16.6. The van der Waals surface area contributed by atoms with Gasteiger partial charge in [-0.15, -0.1) is 0 Å². The molecule has 1 aromatic rings. The fourth-order valence-corrected chi connectivity index (χ4v) is 2.68. The van der Waals surface area contributed by atoms with Crippen LogP contribution in [0, 0.1) is 0 Å². The van der Waals surface area contributed by atoms with Crippen molar-refractivity contribution >= 4 is 5.70 Å². The summed E-state index contributed by atoms with van der Waals surface area (Å²) in [6.45, 7) is -0.519. The van der Waals surface area contributed by atoms with Gasteiger partial charge in [-0.3, -0.25) is 14.3 Å². The molecule has 0 radical (unpaired) electrons. The van der Waals surface area contributed by atoms with Gasteiger partial charge in [-0.05, 0) is 12.2 Å². The first-order valence-corrected chi connectivity index (χ1v) is 7.31. The van der Waals surface area contributed by atoms with Crippen LogP contribution in [0.3, 0.4) is 0 Å². The number of aliphatic hydroxyl groups excluding tert-OH is 3. The van der Waals surface area contributed by atoms with Gasteiger partial charge in [0.1, 0.15) is 18.3 Å². The minimum absolute atomic E-state index is 0.176. The van der Waals surface area contributed by atoms with Crippen molar-refractivity contribution in [2.24, 2.45) is 0 Å². The number of nitrogens with zero attached hydrogens (tertiary/aromatic N) is 1. The summed E-state index contributed by atoms with van der Waals surface area (Å²) in [6, 6.07) is 1.18. The Balaban J connectivity index is 2.13. The van der Waals surface area contributed by atoms with Gasteiger partial charge in [0.15, 0.2) is 6.23 Å². The molecule has 5 N–H and O–H groups in total. The number of aliphatic hydroxyl groups is 3. The molecule has 0 spiro atoms. The second kappa shape index (κ2) is 6.57. The number of hydrogen-bond donors (Lipinski definition) is 5. The summed E-state index contributed by atoms with van der Waals surface area (Å²) in [7, 11) is 0. The lowest BCUT2D eigenvalue weighted by Gasteiger charge is -2.22. The minimum atomic E-state index is -1.44. The van der Waals surface area contributed by atoms with Crippen LogP contribution in [0.1, 0.15) is 11.9 Å². The number of ether oxygens (including phenoxy) is 1. The molecule has 128 valence electrons. The van der Waals surface area contributed by atoms with Crippen LogP contribution in [0.15, 0.2) is 46.2 Å². The topological polar surface area (TPSA) is 137 Å². The first-order valence-electron chi connectivity index (χ1n) is 7.31. The van der Waals surface area contributed by atoms with Gasteiger partial charge in [-0.25, -0.2) is 4.79 Å². The molecule has 9 nitrogen and oxygen atoms in total. The van der Waals surface area contributed by atoms with E-state index in [1.54, 1.807) is 30.5 Å². The van der Waals surface area contributed by atoms with Gasteiger partial charge >= 0.3 is 5.69 Å². The smallest absolute Gasteiger partial charge is 0.331 e. The third-order valence-corrected chi connectivity index (χ3v) is 3.84. The molecule has 1 fully saturated rings. The summed E-state index contributed by atoms with van der Waals surface area (Å²) < 4.78 is 6.44. The number of H-pyrrole nitrogens is 1. The summed E-state index contributed by atoms with van der Waals surface area (Å²) in [5.41, 5.74) is -0.805. The monoisotopic (exact) mass is 335 g/mol. The number of rotatable bonds is 3. The second-order valence-electron chi connectivity index (χ2n) is 5.39. The Hall–Kier alpha value is -2.46. The third kappa shape index (κ3) is 2.85. The SMILES string of the molecule is O=c1cc(C2=CC=CC=CN2)n([C@@H]2O[C@H](CO)[C@@H](O)[C@H]2O)c(=O)[nH]1. The van der Waals surface area contributed by atoms with Gasteiger partial charge in [0.2, 0.25) is 0 Å². The van der Waals surface area contributed by atoms with Crippen molar-refractivity contribution in [3.05, 3.63) is 63.1 Å². The van der Waals surface area contributed by atoms with E-state index in [4.69, 9.17) is 4.74 Å². The zero-order valence-corrected chi connectivity index (χ0v) is 12.5. The average molecular weight is 335 g/mol. The maximum atomic E-state index is 12.3. The Kier molecular flexibility index (Phi) is 4.49. The largest absolute Gasteiger partial charge is 0.394 e. The summed E-state index contributed by atoms with van der Waals surface area (Å²) in [5, 5.41) is 32.2. The van der Waals surface area contributed by atoms with Crippen LogP contribution in [0.2, 0.25) is 0 Å². The van der Waals surface area contributed by atoms with Gasteiger partial charge in [-0.1, -0.05) is 12.2 Å². The molecule has 0 bridgehead atoms. The molecule has 4 atom stereocenters. The molecular formula is C15H17N3O6. The summed E-state index contributed by atoms with van der Waals surface area (Å²) in [6.07, 6.45) is 3.36. The normalized spacial score (nSPS) is 29.2. The van der Waals surface area contributed by atoms with Crippen molar-refractivity contribution in [1.82, 2.24) is 14.9 Å². The minimum Gasteiger partial charge on any atom is -0.394 e. The number of allylic oxidation sites excluding steroid dienone is 4. The van der Waals surface area contributed by atoms with Crippen molar-refractivity contribution in [1.29, 1.82) is 0 Å². The summed E-state index contributed by atoms with van der Waals surface area (Å²) >= 11 is 0. The molecule has 0 aromatic carbocycles. The van der Waals surface area contributed by atoms with Crippen molar-refractivity contribution < 1.29 is 20.1 Å². The first kappa shape index (κ1) is 16.4. The van der Waals surface area contributed by atoms with E-state index in [1.807, 2.05) is 0 Å². The molecule has 9 heteroatoms. The highest BCUT2D eigenvalue weighted by molar-refractivity contribution is 5.64. The van der Waals surface area contributed by atoms with Gasteiger partial charge < -0.3 is 25.4 Å². The maximum Gasteiger partial charge on any atom is 0.331 e. The number of hydrogen-bond acceptors (Lipinski definition) is 7. The zero-order chi connectivity index (χ0) is 17.3. The van der Waals surface area contributed by atoms with Crippen LogP contribution < -0.4 is 16.6 Å². The second-order valence-corrected chi connectivity index (χ2v) is 5.39. The molecule has 2 aliphatic heterocycles. The van der Waals surface area contributed by atoms with E-state index in [0.29, 0.717) is 5.70 Å². The van der Waals surface area contributed by atoms with E-state index in [1.165, 1.54) is 6.07 Å². The zero-order valence-electron chi connectivity index (χ0n) is 12.5. The molecule has 3 rings (SSSR count). The van der Waals surface area contributed by atoms with Gasteiger partial charge in [-0.2, -0.15) is 0 Å². The predicted molar refractivity (Wildman–Crippen MR) is 83.7 cm³/mol. The molecule has 0 amide bonds. The van der Waals surface area contributed by atoms with Crippen LogP contribution in [0.4, 0.5) is 0 Å². The molecule has 3 heterocycles. The quantitative estimate of drug-likeness (QED) is 0.438. The van der Waals surface area contributed by atoms with Crippen LogP contribution >= 0.6 is 0 Å². The molecule has 24 heavy (non-hydrogen) atoms. The van der Waals surface area contributed by atoms with E-state index < -0.39 is 42.4 Å². The molecule has 1 aromatic heterocycles. The van der Waals surface area contributed by atoms with Crippen molar-refractivity contribution in [3.8, 4) is 0 Å². The molecule has 1 saturated heterocycles. The Morgan fingerprint density at radius 2 is 1.96 bits per heavy atom.